The van der Waals surface area contributed by atoms with E-state index in [0.29, 0.717) is 11.5 Å². The molecule has 140 valence electrons. The summed E-state index contributed by atoms with van der Waals surface area (Å²) in [5, 5.41) is 0. The quantitative estimate of drug-likeness (QED) is 0.686. The molecule has 4 rings (SSSR count). The van der Waals surface area contributed by atoms with Crippen LogP contribution in [0.4, 0.5) is 10.1 Å². The second kappa shape index (κ2) is 7.80. The number of hydrogen-bond acceptors (Lipinski definition) is 5. The van der Waals surface area contributed by atoms with Crippen LogP contribution in [0.2, 0.25) is 0 Å². The standard InChI is InChI=1S/C21H22FN3O2/c1-26-20-8-3-2-7-19(20)25-11-9-24(10-12-25)14-18-15-27-21(23-18)16-5-4-6-17(22)13-16/h2-8,13,15H,9-12,14H2,1H3. The van der Waals surface area contributed by atoms with Crippen molar-refractivity contribution in [2.75, 3.05) is 38.2 Å². The Hall–Kier alpha value is -2.86. The van der Waals surface area contributed by atoms with Crippen molar-refractivity contribution in [3.63, 3.8) is 0 Å². The van der Waals surface area contributed by atoms with Gasteiger partial charge in [0.15, 0.2) is 0 Å². The zero-order valence-electron chi connectivity index (χ0n) is 15.3. The van der Waals surface area contributed by atoms with E-state index in [4.69, 9.17) is 9.15 Å². The molecular weight excluding hydrogens is 345 g/mol. The second-order valence-corrected chi connectivity index (χ2v) is 6.59. The fourth-order valence-corrected chi connectivity index (χ4v) is 3.40. The topological polar surface area (TPSA) is 41.7 Å². The van der Waals surface area contributed by atoms with Crippen molar-refractivity contribution in [2.45, 2.75) is 6.54 Å². The molecule has 0 N–H and O–H groups in total. The maximum absolute atomic E-state index is 13.4. The maximum atomic E-state index is 13.4. The molecule has 2 aromatic carbocycles. The van der Waals surface area contributed by atoms with Gasteiger partial charge in [-0.3, -0.25) is 4.90 Å². The smallest absolute Gasteiger partial charge is 0.226 e. The Morgan fingerprint density at radius 1 is 1.07 bits per heavy atom. The Morgan fingerprint density at radius 2 is 1.89 bits per heavy atom. The molecule has 1 aliphatic rings. The average molecular weight is 367 g/mol. The van der Waals surface area contributed by atoms with Crippen molar-refractivity contribution in [1.82, 2.24) is 9.88 Å². The number of piperazine rings is 1. The number of aromatic nitrogens is 1. The molecule has 0 aliphatic carbocycles. The molecule has 3 aromatic rings. The summed E-state index contributed by atoms with van der Waals surface area (Å²) in [7, 11) is 1.70. The number of benzene rings is 2. The van der Waals surface area contributed by atoms with Crippen LogP contribution in [0.5, 0.6) is 5.75 Å². The van der Waals surface area contributed by atoms with Crippen LogP contribution in [0.3, 0.4) is 0 Å². The van der Waals surface area contributed by atoms with E-state index in [0.717, 1.165) is 49.9 Å². The third-order valence-electron chi connectivity index (χ3n) is 4.81. The summed E-state index contributed by atoms with van der Waals surface area (Å²) in [6.07, 6.45) is 1.66. The number of halogens is 1. The van der Waals surface area contributed by atoms with Crippen molar-refractivity contribution in [3.05, 3.63) is 66.3 Å². The van der Waals surface area contributed by atoms with Crippen LogP contribution in [-0.4, -0.2) is 43.2 Å². The first-order valence-electron chi connectivity index (χ1n) is 9.03. The number of oxazole rings is 1. The summed E-state index contributed by atoms with van der Waals surface area (Å²) in [6.45, 7) is 4.43. The largest absolute Gasteiger partial charge is 0.495 e. The summed E-state index contributed by atoms with van der Waals surface area (Å²) < 4.78 is 24.4. The third-order valence-corrected chi connectivity index (χ3v) is 4.81. The van der Waals surface area contributed by atoms with Gasteiger partial charge < -0.3 is 14.1 Å². The summed E-state index contributed by atoms with van der Waals surface area (Å²) in [5.41, 5.74) is 2.65. The Balaban J connectivity index is 1.37. The molecule has 0 saturated carbocycles. The molecule has 0 unspecified atom stereocenters. The highest BCUT2D eigenvalue weighted by Gasteiger charge is 2.20. The molecule has 2 heterocycles. The summed E-state index contributed by atoms with van der Waals surface area (Å²) >= 11 is 0. The van der Waals surface area contributed by atoms with E-state index in [1.807, 2.05) is 18.2 Å². The predicted molar refractivity (Wildman–Crippen MR) is 102 cm³/mol. The van der Waals surface area contributed by atoms with E-state index >= 15 is 0 Å². The third kappa shape index (κ3) is 3.95. The fraction of sp³-hybridized carbons (Fsp3) is 0.286. The average Bonchev–Trinajstić information content (AvgIpc) is 3.17. The van der Waals surface area contributed by atoms with Gasteiger partial charge in [0.25, 0.3) is 0 Å². The van der Waals surface area contributed by atoms with Gasteiger partial charge in [-0.2, -0.15) is 0 Å². The minimum absolute atomic E-state index is 0.292. The monoisotopic (exact) mass is 367 g/mol. The summed E-state index contributed by atoms with van der Waals surface area (Å²) in [4.78, 5) is 9.20. The Morgan fingerprint density at radius 3 is 2.67 bits per heavy atom. The van der Waals surface area contributed by atoms with Gasteiger partial charge in [0, 0.05) is 38.3 Å². The molecule has 0 atom stereocenters. The van der Waals surface area contributed by atoms with Gasteiger partial charge in [0.05, 0.1) is 18.5 Å². The summed E-state index contributed by atoms with van der Waals surface area (Å²) in [5.74, 6) is 1.07. The van der Waals surface area contributed by atoms with Crippen LogP contribution in [0.25, 0.3) is 11.5 Å². The molecular formula is C21H22FN3O2. The molecule has 1 saturated heterocycles. The minimum Gasteiger partial charge on any atom is -0.495 e. The van der Waals surface area contributed by atoms with Crippen LogP contribution in [0.1, 0.15) is 5.69 Å². The van der Waals surface area contributed by atoms with Crippen LogP contribution >= 0.6 is 0 Å². The number of para-hydroxylation sites is 2. The van der Waals surface area contributed by atoms with Crippen molar-refractivity contribution >= 4 is 5.69 Å². The number of rotatable bonds is 5. The molecule has 1 aliphatic heterocycles. The maximum Gasteiger partial charge on any atom is 0.226 e. The number of nitrogens with zero attached hydrogens (tertiary/aromatic N) is 3. The van der Waals surface area contributed by atoms with Gasteiger partial charge in [-0.25, -0.2) is 9.37 Å². The van der Waals surface area contributed by atoms with Gasteiger partial charge in [0.2, 0.25) is 5.89 Å². The molecule has 6 heteroatoms. The lowest BCUT2D eigenvalue weighted by Crippen LogP contribution is -2.46. The number of methoxy groups -OCH3 is 1. The molecule has 0 spiro atoms. The van der Waals surface area contributed by atoms with Crippen molar-refractivity contribution in [3.8, 4) is 17.2 Å². The molecule has 1 fully saturated rings. The van der Waals surface area contributed by atoms with Crippen LogP contribution in [0, 0.1) is 5.82 Å². The second-order valence-electron chi connectivity index (χ2n) is 6.59. The first-order chi connectivity index (χ1) is 13.2. The first-order valence-corrected chi connectivity index (χ1v) is 9.03. The van der Waals surface area contributed by atoms with Gasteiger partial charge in [0.1, 0.15) is 17.8 Å². The molecule has 5 nitrogen and oxygen atoms in total. The Kier molecular flexibility index (Phi) is 5.07. The molecule has 0 bridgehead atoms. The normalized spacial score (nSPS) is 15.1. The molecule has 1 aromatic heterocycles. The van der Waals surface area contributed by atoms with Gasteiger partial charge in [-0.05, 0) is 30.3 Å². The number of hydrogen-bond donors (Lipinski definition) is 0. The Labute approximate surface area is 158 Å². The highest BCUT2D eigenvalue weighted by molar-refractivity contribution is 5.58. The van der Waals surface area contributed by atoms with Gasteiger partial charge in [-0.15, -0.1) is 0 Å². The van der Waals surface area contributed by atoms with E-state index in [2.05, 4.69) is 20.9 Å². The van der Waals surface area contributed by atoms with Gasteiger partial charge >= 0.3 is 0 Å². The first kappa shape index (κ1) is 17.5. The highest BCUT2D eigenvalue weighted by atomic mass is 19.1. The van der Waals surface area contributed by atoms with Crippen molar-refractivity contribution in [2.24, 2.45) is 0 Å². The van der Waals surface area contributed by atoms with Crippen molar-refractivity contribution < 1.29 is 13.5 Å². The lowest BCUT2D eigenvalue weighted by atomic mass is 10.2. The summed E-state index contributed by atoms with van der Waals surface area (Å²) in [6, 6.07) is 14.4. The lowest BCUT2D eigenvalue weighted by molar-refractivity contribution is 0.246. The number of ether oxygens (including phenoxy) is 1. The van der Waals surface area contributed by atoms with E-state index < -0.39 is 0 Å². The van der Waals surface area contributed by atoms with Gasteiger partial charge in [-0.1, -0.05) is 18.2 Å². The predicted octanol–water partition coefficient (Wildman–Crippen LogP) is 3.81. The fourth-order valence-electron chi connectivity index (χ4n) is 3.40. The van der Waals surface area contributed by atoms with Crippen LogP contribution < -0.4 is 9.64 Å². The lowest BCUT2D eigenvalue weighted by Gasteiger charge is -2.36. The minimum atomic E-state index is -0.292. The van der Waals surface area contributed by atoms with E-state index in [1.54, 1.807) is 25.5 Å². The Bertz CT molecular complexity index is 904. The highest BCUT2D eigenvalue weighted by Crippen LogP contribution is 2.28. The molecule has 0 amide bonds. The van der Waals surface area contributed by atoms with Crippen molar-refractivity contribution in [1.29, 1.82) is 0 Å². The molecule has 27 heavy (non-hydrogen) atoms. The van der Waals surface area contributed by atoms with E-state index in [9.17, 15) is 4.39 Å². The van der Waals surface area contributed by atoms with Crippen LogP contribution in [-0.2, 0) is 6.54 Å². The van der Waals surface area contributed by atoms with E-state index in [-0.39, 0.29) is 5.82 Å². The SMILES string of the molecule is COc1ccccc1N1CCN(Cc2coc(-c3cccc(F)c3)n2)CC1. The molecule has 0 radical (unpaired) electrons. The van der Waals surface area contributed by atoms with Crippen LogP contribution in [0.15, 0.2) is 59.2 Å². The van der Waals surface area contributed by atoms with E-state index in [1.165, 1.54) is 12.1 Å². The zero-order chi connectivity index (χ0) is 18.6. The number of anilines is 1. The zero-order valence-corrected chi connectivity index (χ0v) is 15.3.